The number of aromatic nitrogens is 2. The summed E-state index contributed by atoms with van der Waals surface area (Å²) >= 11 is 2.94. The molecule has 3 rings (SSSR count). The lowest BCUT2D eigenvalue weighted by atomic mass is 10.2. The lowest BCUT2D eigenvalue weighted by Crippen LogP contribution is -2.50. The Morgan fingerprint density at radius 3 is 2.28 bits per heavy atom. The van der Waals surface area contributed by atoms with Crippen LogP contribution in [0.1, 0.15) is 29.9 Å². The van der Waals surface area contributed by atoms with E-state index < -0.39 is 17.9 Å². The van der Waals surface area contributed by atoms with Gasteiger partial charge in [-0.15, -0.1) is 0 Å². The second kappa shape index (κ2) is 8.43. The van der Waals surface area contributed by atoms with E-state index >= 15 is 0 Å². The zero-order chi connectivity index (χ0) is 21.3. The standard InChI is InChI=1S/C19H21BrF4N4O/c1-12-16(20)17(19(22,23)24)25-28(12)13(2)18(29)27-9-7-26(8-10-27)11-14-3-5-15(21)6-4-14/h3-6,13H,7-11H2,1-2H3. The van der Waals surface area contributed by atoms with Crippen molar-refractivity contribution in [3.8, 4) is 0 Å². The van der Waals surface area contributed by atoms with Crippen LogP contribution < -0.4 is 0 Å². The van der Waals surface area contributed by atoms with Crippen molar-refractivity contribution in [2.75, 3.05) is 26.2 Å². The first-order valence-electron chi connectivity index (χ1n) is 9.15. The van der Waals surface area contributed by atoms with E-state index in [2.05, 4.69) is 25.9 Å². The van der Waals surface area contributed by atoms with Crippen molar-refractivity contribution in [2.24, 2.45) is 0 Å². The molecule has 0 bridgehead atoms. The van der Waals surface area contributed by atoms with Gasteiger partial charge in [-0.05, 0) is 47.5 Å². The van der Waals surface area contributed by atoms with Crippen LogP contribution in [-0.2, 0) is 17.5 Å². The highest BCUT2D eigenvalue weighted by atomic mass is 79.9. The number of carbonyl (C=O) groups excluding carboxylic acids is 1. The number of carbonyl (C=O) groups is 1. The molecule has 0 N–H and O–H groups in total. The van der Waals surface area contributed by atoms with Gasteiger partial charge < -0.3 is 4.90 Å². The van der Waals surface area contributed by atoms with Crippen LogP contribution in [0, 0.1) is 12.7 Å². The minimum absolute atomic E-state index is 0.145. The quantitative estimate of drug-likeness (QED) is 0.625. The molecule has 1 aliphatic rings. The van der Waals surface area contributed by atoms with Gasteiger partial charge in [0.2, 0.25) is 5.91 Å². The number of amides is 1. The van der Waals surface area contributed by atoms with E-state index in [4.69, 9.17) is 0 Å². The van der Waals surface area contributed by atoms with Crippen LogP contribution in [0.2, 0.25) is 0 Å². The monoisotopic (exact) mass is 476 g/mol. The highest BCUT2D eigenvalue weighted by Crippen LogP contribution is 2.36. The third-order valence-electron chi connectivity index (χ3n) is 5.07. The summed E-state index contributed by atoms with van der Waals surface area (Å²) in [5, 5.41) is 3.63. The van der Waals surface area contributed by atoms with Gasteiger partial charge >= 0.3 is 6.18 Å². The second-order valence-electron chi connectivity index (χ2n) is 7.09. The fourth-order valence-corrected chi connectivity index (χ4v) is 3.89. The van der Waals surface area contributed by atoms with Crippen LogP contribution in [0.3, 0.4) is 0 Å². The minimum atomic E-state index is -4.59. The third-order valence-corrected chi connectivity index (χ3v) is 6.02. The summed E-state index contributed by atoms with van der Waals surface area (Å²) in [6.45, 7) is 5.90. The Morgan fingerprint density at radius 1 is 1.17 bits per heavy atom. The topological polar surface area (TPSA) is 41.4 Å². The fourth-order valence-electron chi connectivity index (χ4n) is 3.40. The van der Waals surface area contributed by atoms with Gasteiger partial charge in [0.1, 0.15) is 11.9 Å². The number of alkyl halides is 3. The lowest BCUT2D eigenvalue weighted by molar-refractivity contribution is -0.143. The zero-order valence-corrected chi connectivity index (χ0v) is 17.6. The molecule has 5 nitrogen and oxygen atoms in total. The second-order valence-corrected chi connectivity index (χ2v) is 7.89. The van der Waals surface area contributed by atoms with E-state index in [1.54, 1.807) is 24.0 Å². The molecule has 1 saturated heterocycles. The fraction of sp³-hybridized carbons (Fsp3) is 0.474. The molecule has 2 heterocycles. The van der Waals surface area contributed by atoms with Gasteiger partial charge in [0.15, 0.2) is 5.69 Å². The van der Waals surface area contributed by atoms with Crippen molar-refractivity contribution in [1.29, 1.82) is 0 Å². The number of hydrogen-bond donors (Lipinski definition) is 0. The molecule has 1 aliphatic heterocycles. The molecule has 29 heavy (non-hydrogen) atoms. The first-order chi connectivity index (χ1) is 13.6. The van der Waals surface area contributed by atoms with Crippen molar-refractivity contribution in [3.05, 3.63) is 51.5 Å². The van der Waals surface area contributed by atoms with Crippen molar-refractivity contribution in [1.82, 2.24) is 19.6 Å². The molecule has 1 aromatic carbocycles. The number of benzene rings is 1. The summed E-state index contributed by atoms with van der Waals surface area (Å²) in [7, 11) is 0. The average Bonchev–Trinajstić information content (AvgIpc) is 2.98. The molecule has 0 aliphatic carbocycles. The first-order valence-corrected chi connectivity index (χ1v) is 9.94. The minimum Gasteiger partial charge on any atom is -0.338 e. The summed E-state index contributed by atoms with van der Waals surface area (Å²) in [6.07, 6.45) is -4.59. The van der Waals surface area contributed by atoms with Gasteiger partial charge in [0, 0.05) is 32.7 Å². The predicted octanol–water partition coefficient (Wildman–Crippen LogP) is 4.02. The van der Waals surface area contributed by atoms with E-state index in [-0.39, 0.29) is 21.9 Å². The number of halogens is 5. The third kappa shape index (κ3) is 4.80. The lowest BCUT2D eigenvalue weighted by Gasteiger charge is -2.36. The maximum atomic E-state index is 13.1. The van der Waals surface area contributed by atoms with Crippen LogP contribution in [0.15, 0.2) is 28.7 Å². The van der Waals surface area contributed by atoms with E-state index in [1.165, 1.54) is 19.1 Å². The summed E-state index contributed by atoms with van der Waals surface area (Å²) < 4.78 is 53.2. The van der Waals surface area contributed by atoms with Crippen molar-refractivity contribution < 1.29 is 22.4 Å². The van der Waals surface area contributed by atoms with Gasteiger partial charge in [-0.2, -0.15) is 18.3 Å². The number of piperazine rings is 1. The van der Waals surface area contributed by atoms with Crippen molar-refractivity contribution >= 4 is 21.8 Å². The number of hydrogen-bond acceptors (Lipinski definition) is 3. The molecular formula is C19H21BrF4N4O. The molecule has 0 spiro atoms. The Balaban J connectivity index is 1.62. The van der Waals surface area contributed by atoms with Gasteiger partial charge in [0.25, 0.3) is 0 Å². The smallest absolute Gasteiger partial charge is 0.338 e. The molecule has 158 valence electrons. The molecule has 1 atom stereocenters. The summed E-state index contributed by atoms with van der Waals surface area (Å²) in [4.78, 5) is 16.6. The normalized spacial score (nSPS) is 16.9. The summed E-state index contributed by atoms with van der Waals surface area (Å²) in [5.74, 6) is -0.550. The molecular weight excluding hydrogens is 456 g/mol. The molecule has 2 aromatic rings. The Kier molecular flexibility index (Phi) is 6.33. The largest absolute Gasteiger partial charge is 0.436 e. The molecule has 1 fully saturated rings. The maximum absolute atomic E-state index is 13.1. The summed E-state index contributed by atoms with van der Waals surface area (Å²) in [5.41, 5.74) is 0.211. The van der Waals surface area contributed by atoms with Gasteiger partial charge in [-0.3, -0.25) is 14.4 Å². The molecule has 1 unspecified atom stereocenters. The van der Waals surface area contributed by atoms with Crippen LogP contribution in [-0.4, -0.2) is 51.7 Å². The number of rotatable bonds is 4. The maximum Gasteiger partial charge on any atom is 0.436 e. The average molecular weight is 477 g/mol. The number of nitrogens with zero attached hydrogens (tertiary/aromatic N) is 4. The van der Waals surface area contributed by atoms with Gasteiger partial charge in [0.05, 0.1) is 10.2 Å². The van der Waals surface area contributed by atoms with Crippen LogP contribution in [0.5, 0.6) is 0 Å². The van der Waals surface area contributed by atoms with Crippen LogP contribution >= 0.6 is 15.9 Å². The Bertz CT molecular complexity index is 874. The summed E-state index contributed by atoms with van der Waals surface area (Å²) in [6, 6.07) is 5.44. The first kappa shape index (κ1) is 21.8. The predicted molar refractivity (Wildman–Crippen MR) is 103 cm³/mol. The highest BCUT2D eigenvalue weighted by Gasteiger charge is 2.39. The molecule has 0 radical (unpaired) electrons. The van der Waals surface area contributed by atoms with Gasteiger partial charge in [-0.1, -0.05) is 12.1 Å². The molecule has 1 amide bonds. The highest BCUT2D eigenvalue weighted by molar-refractivity contribution is 9.10. The van der Waals surface area contributed by atoms with Crippen LogP contribution in [0.25, 0.3) is 0 Å². The van der Waals surface area contributed by atoms with E-state index in [9.17, 15) is 22.4 Å². The van der Waals surface area contributed by atoms with Gasteiger partial charge in [-0.25, -0.2) is 4.39 Å². The van der Waals surface area contributed by atoms with Crippen molar-refractivity contribution in [3.63, 3.8) is 0 Å². The van der Waals surface area contributed by atoms with Crippen LogP contribution in [0.4, 0.5) is 17.6 Å². The SMILES string of the molecule is Cc1c(Br)c(C(F)(F)F)nn1C(C)C(=O)N1CCN(Cc2ccc(F)cc2)CC1. The van der Waals surface area contributed by atoms with E-state index in [1.807, 2.05) is 0 Å². The molecule has 1 aromatic heterocycles. The van der Waals surface area contributed by atoms with Crippen molar-refractivity contribution in [2.45, 2.75) is 32.6 Å². The zero-order valence-electron chi connectivity index (χ0n) is 16.0. The molecule has 10 heteroatoms. The van der Waals surface area contributed by atoms with E-state index in [0.717, 1.165) is 10.2 Å². The Labute approximate surface area is 174 Å². The molecule has 0 saturated carbocycles. The Hall–Kier alpha value is -1.94. The van der Waals surface area contributed by atoms with E-state index in [0.29, 0.717) is 32.7 Å². The Morgan fingerprint density at radius 2 is 1.76 bits per heavy atom.